The van der Waals surface area contributed by atoms with Crippen LogP contribution in [0.2, 0.25) is 10.0 Å². The zero-order chi connectivity index (χ0) is 15.8. The van der Waals surface area contributed by atoms with Crippen LogP contribution >= 0.6 is 39.1 Å². The van der Waals surface area contributed by atoms with E-state index in [9.17, 15) is 12.8 Å². The minimum Gasteiger partial charge on any atom is -0.279 e. The first-order valence-electron chi connectivity index (χ1n) is 5.64. The van der Waals surface area contributed by atoms with E-state index in [2.05, 4.69) is 20.7 Å². The van der Waals surface area contributed by atoms with Crippen molar-refractivity contribution in [3.8, 4) is 0 Å². The van der Waals surface area contributed by atoms with Gasteiger partial charge in [0.05, 0.1) is 15.2 Å². The van der Waals surface area contributed by atoms with Gasteiger partial charge in [-0.3, -0.25) is 4.72 Å². The van der Waals surface area contributed by atoms with Gasteiger partial charge in [-0.25, -0.2) is 12.8 Å². The second-order valence-electron chi connectivity index (χ2n) is 4.26. The number of hydrogen-bond acceptors (Lipinski definition) is 2. The molecule has 3 nitrogen and oxygen atoms in total. The van der Waals surface area contributed by atoms with Gasteiger partial charge >= 0.3 is 0 Å². The molecule has 0 spiro atoms. The summed E-state index contributed by atoms with van der Waals surface area (Å²) in [5.41, 5.74) is 0.691. The lowest BCUT2D eigenvalue weighted by molar-refractivity contribution is 0.600. The van der Waals surface area contributed by atoms with Crippen LogP contribution in [-0.4, -0.2) is 8.42 Å². The van der Waals surface area contributed by atoms with Crippen molar-refractivity contribution in [2.24, 2.45) is 0 Å². The second-order valence-corrected chi connectivity index (χ2v) is 7.61. The standard InChI is InChI=1S/C13H9BrCl2FNO2S/c1-7-4-11(17)9(14)6-12(7)18-21(19,20)13-5-8(15)2-3-10(13)16/h2-6,18H,1H3. The normalized spacial score (nSPS) is 11.5. The minimum atomic E-state index is -3.93. The van der Waals surface area contributed by atoms with E-state index < -0.39 is 15.8 Å². The molecule has 0 heterocycles. The van der Waals surface area contributed by atoms with Crippen LogP contribution in [-0.2, 0) is 10.0 Å². The largest absolute Gasteiger partial charge is 0.279 e. The molecule has 0 atom stereocenters. The molecule has 0 aliphatic carbocycles. The number of hydrogen-bond donors (Lipinski definition) is 1. The number of sulfonamides is 1. The Morgan fingerprint density at radius 3 is 2.52 bits per heavy atom. The van der Waals surface area contributed by atoms with Gasteiger partial charge in [0, 0.05) is 5.02 Å². The van der Waals surface area contributed by atoms with Gasteiger partial charge in [-0.05, 0) is 58.7 Å². The number of anilines is 1. The summed E-state index contributed by atoms with van der Waals surface area (Å²) in [4.78, 5) is -0.142. The van der Waals surface area contributed by atoms with Gasteiger partial charge in [0.15, 0.2) is 0 Å². The molecular weight excluding hydrogens is 404 g/mol. The highest BCUT2D eigenvalue weighted by atomic mass is 79.9. The van der Waals surface area contributed by atoms with Crippen LogP contribution in [0.5, 0.6) is 0 Å². The Morgan fingerprint density at radius 1 is 1.19 bits per heavy atom. The SMILES string of the molecule is Cc1cc(F)c(Br)cc1NS(=O)(=O)c1cc(Cl)ccc1Cl. The molecular formula is C13H9BrCl2FNO2S. The third-order valence-corrected chi connectivity index (χ3v) is 5.38. The predicted molar refractivity (Wildman–Crippen MR) is 86.1 cm³/mol. The number of halogens is 4. The topological polar surface area (TPSA) is 46.2 Å². The van der Waals surface area contributed by atoms with Gasteiger partial charge < -0.3 is 0 Å². The average molecular weight is 413 g/mol. The van der Waals surface area contributed by atoms with Crippen LogP contribution in [0.1, 0.15) is 5.56 Å². The molecule has 0 aromatic heterocycles. The third kappa shape index (κ3) is 3.69. The molecule has 0 radical (unpaired) electrons. The first-order chi connectivity index (χ1) is 9.70. The lowest BCUT2D eigenvalue weighted by atomic mass is 10.2. The Morgan fingerprint density at radius 2 is 1.86 bits per heavy atom. The Labute approximate surface area is 140 Å². The van der Waals surface area contributed by atoms with E-state index in [0.717, 1.165) is 0 Å². The second kappa shape index (κ2) is 6.12. The molecule has 0 bridgehead atoms. The molecule has 8 heteroatoms. The fourth-order valence-electron chi connectivity index (χ4n) is 1.64. The lowest BCUT2D eigenvalue weighted by Gasteiger charge is -2.12. The summed E-state index contributed by atoms with van der Waals surface area (Å²) >= 11 is 14.7. The van der Waals surface area contributed by atoms with Crippen molar-refractivity contribution in [3.05, 3.63) is 56.2 Å². The van der Waals surface area contributed by atoms with Crippen molar-refractivity contribution in [2.75, 3.05) is 4.72 Å². The Hall–Kier alpha value is -0.820. The van der Waals surface area contributed by atoms with E-state index in [1.165, 1.54) is 30.3 Å². The van der Waals surface area contributed by atoms with Crippen molar-refractivity contribution in [2.45, 2.75) is 11.8 Å². The molecule has 2 aromatic carbocycles. The molecule has 0 aliphatic heterocycles. The van der Waals surface area contributed by atoms with E-state index >= 15 is 0 Å². The lowest BCUT2D eigenvalue weighted by Crippen LogP contribution is -2.14. The van der Waals surface area contributed by atoms with Gasteiger partial charge in [0.1, 0.15) is 10.7 Å². The number of aryl methyl sites for hydroxylation is 1. The quantitative estimate of drug-likeness (QED) is 0.770. The van der Waals surface area contributed by atoms with E-state index in [1.54, 1.807) is 6.92 Å². The van der Waals surface area contributed by atoms with Crippen molar-refractivity contribution < 1.29 is 12.8 Å². The fourth-order valence-corrected chi connectivity index (χ4v) is 3.87. The predicted octanol–water partition coefficient (Wildman–Crippen LogP) is 5.00. The molecule has 2 rings (SSSR count). The first kappa shape index (κ1) is 16.5. The molecule has 0 saturated heterocycles. The molecule has 2 aromatic rings. The molecule has 0 amide bonds. The van der Waals surface area contributed by atoms with E-state index in [0.29, 0.717) is 5.56 Å². The van der Waals surface area contributed by atoms with E-state index in [1.807, 2.05) is 0 Å². The maximum atomic E-state index is 13.4. The third-order valence-electron chi connectivity index (χ3n) is 2.69. The summed E-state index contributed by atoms with van der Waals surface area (Å²) < 4.78 is 40.6. The number of benzene rings is 2. The zero-order valence-electron chi connectivity index (χ0n) is 10.6. The molecule has 0 aliphatic rings. The summed E-state index contributed by atoms with van der Waals surface area (Å²) in [6, 6.07) is 6.71. The Kier molecular flexibility index (Phi) is 4.82. The van der Waals surface area contributed by atoms with Crippen LogP contribution in [0.15, 0.2) is 39.7 Å². The van der Waals surface area contributed by atoms with Crippen LogP contribution in [0, 0.1) is 12.7 Å². The maximum Gasteiger partial charge on any atom is 0.263 e. The molecule has 0 unspecified atom stereocenters. The molecule has 0 saturated carbocycles. The molecule has 1 N–H and O–H groups in total. The Balaban J connectivity index is 2.47. The summed E-state index contributed by atoms with van der Waals surface area (Å²) in [6.45, 7) is 1.59. The summed E-state index contributed by atoms with van der Waals surface area (Å²) in [7, 11) is -3.93. The van der Waals surface area contributed by atoms with Crippen molar-refractivity contribution in [1.82, 2.24) is 0 Å². The fraction of sp³-hybridized carbons (Fsp3) is 0.0769. The highest BCUT2D eigenvalue weighted by molar-refractivity contribution is 9.10. The highest BCUT2D eigenvalue weighted by Gasteiger charge is 2.20. The van der Waals surface area contributed by atoms with Gasteiger partial charge in [0.25, 0.3) is 10.0 Å². The number of rotatable bonds is 3. The first-order valence-corrected chi connectivity index (χ1v) is 8.67. The van der Waals surface area contributed by atoms with Crippen LogP contribution in [0.25, 0.3) is 0 Å². The average Bonchev–Trinajstić information content (AvgIpc) is 2.38. The minimum absolute atomic E-state index is 0.0470. The maximum absolute atomic E-state index is 13.4. The summed E-state index contributed by atoms with van der Waals surface area (Å²) in [5, 5.41) is 0.294. The number of nitrogens with one attached hydrogen (secondary N) is 1. The van der Waals surface area contributed by atoms with Crippen molar-refractivity contribution in [1.29, 1.82) is 0 Å². The monoisotopic (exact) mass is 411 g/mol. The van der Waals surface area contributed by atoms with Crippen LogP contribution in [0.3, 0.4) is 0 Å². The summed E-state index contributed by atoms with van der Waals surface area (Å²) in [5.74, 6) is -0.476. The van der Waals surface area contributed by atoms with E-state index in [4.69, 9.17) is 23.2 Å². The molecule has 21 heavy (non-hydrogen) atoms. The Bertz CT molecular complexity index is 812. The van der Waals surface area contributed by atoms with Crippen LogP contribution < -0.4 is 4.72 Å². The van der Waals surface area contributed by atoms with Gasteiger partial charge in [-0.2, -0.15) is 0 Å². The zero-order valence-corrected chi connectivity index (χ0v) is 14.5. The van der Waals surface area contributed by atoms with Gasteiger partial charge in [-0.1, -0.05) is 23.2 Å². The van der Waals surface area contributed by atoms with E-state index in [-0.39, 0.29) is 25.1 Å². The van der Waals surface area contributed by atoms with Gasteiger partial charge in [0.2, 0.25) is 0 Å². The van der Waals surface area contributed by atoms with Crippen molar-refractivity contribution in [3.63, 3.8) is 0 Å². The van der Waals surface area contributed by atoms with Crippen molar-refractivity contribution >= 4 is 54.8 Å². The highest BCUT2D eigenvalue weighted by Crippen LogP contribution is 2.29. The smallest absolute Gasteiger partial charge is 0.263 e. The molecule has 112 valence electrons. The molecule has 0 fully saturated rings. The van der Waals surface area contributed by atoms with Crippen LogP contribution in [0.4, 0.5) is 10.1 Å². The summed E-state index contributed by atoms with van der Waals surface area (Å²) in [6.07, 6.45) is 0. The van der Waals surface area contributed by atoms with Gasteiger partial charge in [-0.15, -0.1) is 0 Å².